The smallest absolute Gasteiger partial charge is 0.258 e. The second kappa shape index (κ2) is 6.09. The number of aromatic nitrogens is 1. The minimum absolute atomic E-state index is 0.163. The summed E-state index contributed by atoms with van der Waals surface area (Å²) in [4.78, 5) is 16.0. The first-order valence-electron chi connectivity index (χ1n) is 5.40. The van der Waals surface area contributed by atoms with E-state index in [9.17, 15) is 9.18 Å². The van der Waals surface area contributed by atoms with Crippen LogP contribution in [-0.2, 0) is 0 Å². The number of hydrogen-bond acceptors (Lipinski definition) is 4. The lowest BCUT2D eigenvalue weighted by molar-refractivity contribution is 0.102. The molecule has 0 atom stereocenters. The number of hydrogen-bond donors (Lipinski definition) is 2. The van der Waals surface area contributed by atoms with Crippen LogP contribution >= 0.6 is 11.3 Å². The van der Waals surface area contributed by atoms with Crippen molar-refractivity contribution >= 4 is 22.4 Å². The maximum Gasteiger partial charge on any atom is 0.258 e. The fourth-order valence-corrected chi connectivity index (χ4v) is 1.93. The molecular formula is C13H10FN3OS. The lowest BCUT2D eigenvalue weighted by Gasteiger charge is -2.04. The standard InChI is InChI=1S/C13H10FN3OS/c14-10-4-3-9(2-1-5-15)11(8-10)12(18)17-13-16-6-7-19-13/h3-4,6-8H,5,15H2,(H,16,17,18). The summed E-state index contributed by atoms with van der Waals surface area (Å²) in [6.07, 6.45) is 1.57. The normalized spacial score (nSPS) is 9.58. The molecule has 0 bridgehead atoms. The molecule has 1 amide bonds. The Labute approximate surface area is 113 Å². The van der Waals surface area contributed by atoms with Crippen molar-refractivity contribution in [2.24, 2.45) is 5.73 Å². The molecule has 6 heteroatoms. The number of nitrogens with one attached hydrogen (secondary N) is 1. The number of thiazole rings is 1. The molecule has 0 spiro atoms. The Kier molecular flexibility index (Phi) is 4.23. The third kappa shape index (κ3) is 3.37. The summed E-state index contributed by atoms with van der Waals surface area (Å²) in [5, 5.41) is 4.77. The summed E-state index contributed by atoms with van der Waals surface area (Å²) in [7, 11) is 0. The van der Waals surface area contributed by atoms with E-state index in [1.807, 2.05) is 0 Å². The van der Waals surface area contributed by atoms with Crippen LogP contribution in [0.1, 0.15) is 15.9 Å². The molecule has 19 heavy (non-hydrogen) atoms. The van der Waals surface area contributed by atoms with E-state index in [0.29, 0.717) is 10.7 Å². The monoisotopic (exact) mass is 275 g/mol. The number of nitrogens with two attached hydrogens (primary N) is 1. The lowest BCUT2D eigenvalue weighted by Crippen LogP contribution is -2.13. The van der Waals surface area contributed by atoms with Crippen LogP contribution in [0.25, 0.3) is 0 Å². The Morgan fingerprint density at radius 3 is 3.05 bits per heavy atom. The van der Waals surface area contributed by atoms with E-state index in [2.05, 4.69) is 22.1 Å². The molecule has 3 N–H and O–H groups in total. The fraction of sp³-hybridized carbons (Fsp3) is 0.0769. The predicted octanol–water partition coefficient (Wildman–Crippen LogP) is 1.84. The van der Waals surface area contributed by atoms with Gasteiger partial charge in [0.25, 0.3) is 5.91 Å². The van der Waals surface area contributed by atoms with Crippen LogP contribution < -0.4 is 11.1 Å². The molecule has 2 rings (SSSR count). The van der Waals surface area contributed by atoms with Crippen LogP contribution in [-0.4, -0.2) is 17.4 Å². The molecule has 0 radical (unpaired) electrons. The van der Waals surface area contributed by atoms with Crippen molar-refractivity contribution in [3.63, 3.8) is 0 Å². The highest BCUT2D eigenvalue weighted by atomic mass is 32.1. The van der Waals surface area contributed by atoms with Crippen molar-refractivity contribution in [2.75, 3.05) is 11.9 Å². The van der Waals surface area contributed by atoms with E-state index in [1.54, 1.807) is 11.6 Å². The SMILES string of the molecule is NCC#Cc1ccc(F)cc1C(=O)Nc1nccs1. The van der Waals surface area contributed by atoms with Gasteiger partial charge in [0, 0.05) is 17.1 Å². The second-order valence-electron chi connectivity index (χ2n) is 3.49. The third-order valence-electron chi connectivity index (χ3n) is 2.20. The van der Waals surface area contributed by atoms with Gasteiger partial charge in [-0.3, -0.25) is 10.1 Å². The molecule has 0 unspecified atom stereocenters. The average molecular weight is 275 g/mol. The summed E-state index contributed by atoms with van der Waals surface area (Å²) in [6.45, 7) is 0.172. The van der Waals surface area contributed by atoms with Crippen molar-refractivity contribution in [3.05, 3.63) is 46.7 Å². The van der Waals surface area contributed by atoms with E-state index in [4.69, 9.17) is 5.73 Å². The Morgan fingerprint density at radius 2 is 2.37 bits per heavy atom. The highest BCUT2D eigenvalue weighted by Crippen LogP contribution is 2.15. The van der Waals surface area contributed by atoms with Crippen LogP contribution in [0.3, 0.4) is 0 Å². The van der Waals surface area contributed by atoms with Gasteiger partial charge in [0.05, 0.1) is 12.1 Å². The van der Waals surface area contributed by atoms with Gasteiger partial charge in [0.2, 0.25) is 0 Å². The van der Waals surface area contributed by atoms with Crippen LogP contribution in [0.4, 0.5) is 9.52 Å². The molecule has 96 valence electrons. The molecule has 0 fully saturated rings. The highest BCUT2D eigenvalue weighted by molar-refractivity contribution is 7.13. The maximum absolute atomic E-state index is 13.2. The van der Waals surface area contributed by atoms with Crippen molar-refractivity contribution in [1.82, 2.24) is 4.98 Å². The van der Waals surface area contributed by atoms with Gasteiger partial charge in [-0.1, -0.05) is 11.8 Å². The van der Waals surface area contributed by atoms with E-state index in [0.717, 1.165) is 6.07 Å². The Bertz CT molecular complexity index is 644. The number of amides is 1. The first-order chi connectivity index (χ1) is 9.20. The molecule has 2 aromatic rings. The maximum atomic E-state index is 13.2. The topological polar surface area (TPSA) is 68.0 Å². The van der Waals surface area contributed by atoms with Gasteiger partial charge in [0.1, 0.15) is 5.82 Å². The Morgan fingerprint density at radius 1 is 1.53 bits per heavy atom. The molecule has 0 aliphatic rings. The summed E-state index contributed by atoms with van der Waals surface area (Å²) < 4.78 is 13.2. The molecular weight excluding hydrogens is 265 g/mol. The van der Waals surface area contributed by atoms with Crippen molar-refractivity contribution < 1.29 is 9.18 Å². The van der Waals surface area contributed by atoms with E-state index >= 15 is 0 Å². The van der Waals surface area contributed by atoms with Gasteiger partial charge in [0.15, 0.2) is 5.13 Å². The van der Waals surface area contributed by atoms with E-state index < -0.39 is 11.7 Å². The van der Waals surface area contributed by atoms with Crippen LogP contribution in [0.5, 0.6) is 0 Å². The summed E-state index contributed by atoms with van der Waals surface area (Å²) in [5.74, 6) is 4.44. The largest absolute Gasteiger partial charge is 0.320 e. The molecule has 0 saturated heterocycles. The van der Waals surface area contributed by atoms with E-state index in [-0.39, 0.29) is 12.1 Å². The third-order valence-corrected chi connectivity index (χ3v) is 2.89. The second-order valence-corrected chi connectivity index (χ2v) is 4.38. The average Bonchev–Trinajstić information content (AvgIpc) is 2.90. The number of carbonyl (C=O) groups is 1. The molecule has 1 heterocycles. The minimum Gasteiger partial charge on any atom is -0.320 e. The van der Waals surface area contributed by atoms with Gasteiger partial charge >= 0.3 is 0 Å². The van der Waals surface area contributed by atoms with Gasteiger partial charge in [-0.15, -0.1) is 11.3 Å². The number of halogens is 1. The number of benzene rings is 1. The fourth-order valence-electron chi connectivity index (χ4n) is 1.41. The number of nitrogens with zero attached hydrogens (tertiary/aromatic N) is 1. The highest BCUT2D eigenvalue weighted by Gasteiger charge is 2.12. The number of rotatable bonds is 2. The zero-order chi connectivity index (χ0) is 13.7. The van der Waals surface area contributed by atoms with Crippen LogP contribution in [0.2, 0.25) is 0 Å². The quantitative estimate of drug-likeness (QED) is 0.822. The molecule has 0 saturated carbocycles. The molecule has 4 nitrogen and oxygen atoms in total. The van der Waals surface area contributed by atoms with Crippen molar-refractivity contribution in [2.45, 2.75) is 0 Å². The predicted molar refractivity (Wildman–Crippen MR) is 72.4 cm³/mol. The Balaban J connectivity index is 2.31. The van der Waals surface area contributed by atoms with E-state index in [1.165, 1.54) is 23.5 Å². The first-order valence-corrected chi connectivity index (χ1v) is 6.28. The molecule has 0 aliphatic carbocycles. The zero-order valence-electron chi connectivity index (χ0n) is 9.81. The summed E-state index contributed by atoms with van der Waals surface area (Å²) >= 11 is 1.28. The van der Waals surface area contributed by atoms with Crippen molar-refractivity contribution in [3.8, 4) is 11.8 Å². The molecule has 1 aromatic heterocycles. The zero-order valence-corrected chi connectivity index (χ0v) is 10.6. The molecule has 0 aliphatic heterocycles. The first kappa shape index (κ1) is 13.2. The molecule has 1 aromatic carbocycles. The summed E-state index contributed by atoms with van der Waals surface area (Å²) in [5.41, 5.74) is 5.88. The van der Waals surface area contributed by atoms with Gasteiger partial charge in [-0.05, 0) is 18.2 Å². The minimum atomic E-state index is -0.498. The number of carbonyl (C=O) groups excluding carboxylic acids is 1. The number of anilines is 1. The van der Waals surface area contributed by atoms with Gasteiger partial charge < -0.3 is 5.73 Å². The van der Waals surface area contributed by atoms with Crippen LogP contribution in [0.15, 0.2) is 29.8 Å². The lowest BCUT2D eigenvalue weighted by atomic mass is 10.1. The van der Waals surface area contributed by atoms with Crippen molar-refractivity contribution in [1.29, 1.82) is 0 Å². The van der Waals surface area contributed by atoms with Gasteiger partial charge in [-0.25, -0.2) is 9.37 Å². The van der Waals surface area contributed by atoms with Crippen LogP contribution in [0, 0.1) is 17.7 Å². The summed E-state index contributed by atoms with van der Waals surface area (Å²) in [6, 6.07) is 3.85. The Hall–Kier alpha value is -2.23. The van der Waals surface area contributed by atoms with Gasteiger partial charge in [-0.2, -0.15) is 0 Å².